The minimum atomic E-state index is 0.247. The van der Waals surface area contributed by atoms with Crippen LogP contribution in [0.25, 0.3) is 33.3 Å². The van der Waals surface area contributed by atoms with Crippen LogP contribution >= 0.6 is 11.6 Å². The summed E-state index contributed by atoms with van der Waals surface area (Å²) in [5.74, 6) is 2.72. The van der Waals surface area contributed by atoms with E-state index in [4.69, 9.17) is 21.3 Å². The molecule has 7 rings (SSSR count). The zero-order chi connectivity index (χ0) is 26.5. The molecule has 0 bridgehead atoms. The second kappa shape index (κ2) is 9.62. The number of benzene rings is 2. The van der Waals surface area contributed by atoms with Crippen molar-refractivity contribution in [3.8, 4) is 22.8 Å². The van der Waals surface area contributed by atoms with E-state index in [0.717, 1.165) is 61.6 Å². The number of aromatic nitrogens is 6. The summed E-state index contributed by atoms with van der Waals surface area (Å²) in [6.45, 7) is 6.88. The number of imidazole rings is 1. The maximum Gasteiger partial charge on any atom is 0.236 e. The number of H-pyrrole nitrogens is 1. The zero-order valence-electron chi connectivity index (χ0n) is 21.5. The van der Waals surface area contributed by atoms with Crippen LogP contribution in [-0.4, -0.2) is 78.1 Å². The van der Waals surface area contributed by atoms with E-state index in [1.807, 2.05) is 47.0 Å². The standard InChI is InChI=1S/C28H27ClN8O2/c1-17-32-21-4-3-20(9-23(21)33-17)39-25-6-5-22-28(27(25)29)34-24(11-30-22)19-10-31-37(15-19)14-18-12-35(13-18)16-26(38)36-7-2-8-36/h3-6,9-11,15,18H,2,7-8,12-14,16H2,1H3,(H,32,33). The smallest absolute Gasteiger partial charge is 0.236 e. The fourth-order valence-corrected chi connectivity index (χ4v) is 5.43. The maximum atomic E-state index is 12.2. The molecule has 2 fully saturated rings. The predicted molar refractivity (Wildman–Crippen MR) is 148 cm³/mol. The molecule has 0 spiro atoms. The summed E-state index contributed by atoms with van der Waals surface area (Å²) in [7, 11) is 0. The van der Waals surface area contributed by atoms with Gasteiger partial charge < -0.3 is 14.6 Å². The van der Waals surface area contributed by atoms with Crippen molar-refractivity contribution >= 4 is 39.6 Å². The van der Waals surface area contributed by atoms with Crippen molar-refractivity contribution in [3.63, 3.8) is 0 Å². The Kier molecular flexibility index (Phi) is 5.93. The van der Waals surface area contributed by atoms with Crippen molar-refractivity contribution in [2.45, 2.75) is 19.9 Å². The molecule has 0 atom stereocenters. The van der Waals surface area contributed by atoms with Crippen LogP contribution < -0.4 is 4.74 Å². The molecule has 2 saturated heterocycles. The molecule has 10 nitrogen and oxygen atoms in total. The highest BCUT2D eigenvalue weighted by atomic mass is 35.5. The Morgan fingerprint density at radius 3 is 2.79 bits per heavy atom. The first-order chi connectivity index (χ1) is 19.0. The molecule has 0 radical (unpaired) electrons. The highest BCUT2D eigenvalue weighted by molar-refractivity contribution is 6.36. The van der Waals surface area contributed by atoms with Gasteiger partial charge in [-0.1, -0.05) is 11.6 Å². The predicted octanol–water partition coefficient (Wildman–Crippen LogP) is 4.29. The molecule has 5 heterocycles. The van der Waals surface area contributed by atoms with Gasteiger partial charge in [-0.05, 0) is 37.6 Å². The monoisotopic (exact) mass is 542 g/mol. The lowest BCUT2D eigenvalue weighted by molar-refractivity contribution is -0.137. The highest BCUT2D eigenvalue weighted by Crippen LogP contribution is 2.35. The topological polar surface area (TPSA) is 105 Å². The van der Waals surface area contributed by atoms with Crippen LogP contribution in [0.3, 0.4) is 0 Å². The second-order valence-electron chi connectivity index (χ2n) is 10.3. The van der Waals surface area contributed by atoms with Crippen molar-refractivity contribution in [3.05, 3.63) is 59.8 Å². The number of nitrogens with zero attached hydrogens (tertiary/aromatic N) is 7. The van der Waals surface area contributed by atoms with E-state index in [0.29, 0.717) is 45.7 Å². The Balaban J connectivity index is 1.04. The van der Waals surface area contributed by atoms with Gasteiger partial charge in [-0.15, -0.1) is 0 Å². The molecule has 2 aliphatic rings. The van der Waals surface area contributed by atoms with Gasteiger partial charge in [-0.3, -0.25) is 19.4 Å². The van der Waals surface area contributed by atoms with Gasteiger partial charge in [0.2, 0.25) is 5.91 Å². The lowest BCUT2D eigenvalue weighted by Crippen LogP contribution is -2.54. The molecule has 2 aliphatic heterocycles. The number of aromatic amines is 1. The van der Waals surface area contributed by atoms with Gasteiger partial charge >= 0.3 is 0 Å². The van der Waals surface area contributed by atoms with Crippen LogP contribution in [-0.2, 0) is 11.3 Å². The third kappa shape index (κ3) is 4.70. The number of carbonyl (C=O) groups is 1. The Labute approximate surface area is 229 Å². The molecule has 1 amide bonds. The Hall–Kier alpha value is -4.02. The van der Waals surface area contributed by atoms with E-state index in [1.54, 1.807) is 18.5 Å². The number of fused-ring (bicyclic) bond motifs is 2. The van der Waals surface area contributed by atoms with Crippen molar-refractivity contribution < 1.29 is 9.53 Å². The summed E-state index contributed by atoms with van der Waals surface area (Å²) in [5.41, 5.74) is 4.60. The summed E-state index contributed by atoms with van der Waals surface area (Å²) in [6, 6.07) is 9.33. The Morgan fingerprint density at radius 1 is 1.13 bits per heavy atom. The number of carbonyl (C=O) groups excluding carboxylic acids is 1. The molecule has 0 unspecified atom stereocenters. The average molecular weight is 543 g/mol. The number of halogens is 1. The van der Waals surface area contributed by atoms with E-state index in [2.05, 4.69) is 25.0 Å². The van der Waals surface area contributed by atoms with Gasteiger partial charge in [0, 0.05) is 56.5 Å². The van der Waals surface area contributed by atoms with E-state index < -0.39 is 0 Å². The summed E-state index contributed by atoms with van der Waals surface area (Å²) >= 11 is 6.76. The minimum absolute atomic E-state index is 0.247. The first-order valence-corrected chi connectivity index (χ1v) is 13.5. The Morgan fingerprint density at radius 2 is 1.97 bits per heavy atom. The molecule has 0 saturated carbocycles. The van der Waals surface area contributed by atoms with Crippen LogP contribution in [0.5, 0.6) is 11.5 Å². The molecule has 0 aliphatic carbocycles. The number of hydrogen-bond acceptors (Lipinski definition) is 7. The second-order valence-corrected chi connectivity index (χ2v) is 10.7. The van der Waals surface area contributed by atoms with Crippen molar-refractivity contribution in [2.75, 3.05) is 32.7 Å². The molecule has 3 aromatic heterocycles. The van der Waals surface area contributed by atoms with Gasteiger partial charge in [0.05, 0.1) is 41.2 Å². The minimum Gasteiger partial charge on any atom is -0.456 e. The van der Waals surface area contributed by atoms with Crippen LogP contribution in [0.15, 0.2) is 48.9 Å². The van der Waals surface area contributed by atoms with Crippen molar-refractivity contribution in [1.82, 2.24) is 39.5 Å². The fourth-order valence-electron chi connectivity index (χ4n) is 5.19. The van der Waals surface area contributed by atoms with Gasteiger partial charge in [-0.2, -0.15) is 5.10 Å². The number of ether oxygens (including phenoxy) is 1. The first kappa shape index (κ1) is 24.1. The normalized spacial score (nSPS) is 16.0. The molecule has 39 heavy (non-hydrogen) atoms. The largest absolute Gasteiger partial charge is 0.456 e. The number of rotatable bonds is 7. The van der Waals surface area contributed by atoms with Gasteiger partial charge in [0.15, 0.2) is 0 Å². The van der Waals surface area contributed by atoms with Crippen LogP contribution in [0, 0.1) is 12.8 Å². The zero-order valence-corrected chi connectivity index (χ0v) is 22.2. The maximum absolute atomic E-state index is 12.2. The number of amides is 1. The SMILES string of the molecule is Cc1nc2ccc(Oc3ccc4ncc(-c5cnn(CC6CN(CC(=O)N7CCC7)C6)c5)nc4c3Cl)cc2[nH]1. The number of hydrogen-bond donors (Lipinski definition) is 1. The van der Waals surface area contributed by atoms with Gasteiger partial charge in [-0.25, -0.2) is 9.97 Å². The van der Waals surface area contributed by atoms with Crippen LogP contribution in [0.1, 0.15) is 12.2 Å². The van der Waals surface area contributed by atoms with E-state index in [9.17, 15) is 4.79 Å². The fraction of sp³-hybridized carbons (Fsp3) is 0.321. The van der Waals surface area contributed by atoms with E-state index in [1.165, 1.54) is 0 Å². The lowest BCUT2D eigenvalue weighted by atomic mass is 10.00. The van der Waals surface area contributed by atoms with Gasteiger partial charge in [0.25, 0.3) is 0 Å². The number of nitrogens with one attached hydrogen (secondary N) is 1. The van der Waals surface area contributed by atoms with E-state index >= 15 is 0 Å². The summed E-state index contributed by atoms with van der Waals surface area (Å²) in [6.07, 6.45) is 6.65. The molecular formula is C28H27ClN8O2. The molecular weight excluding hydrogens is 516 g/mol. The third-order valence-corrected chi connectivity index (χ3v) is 7.76. The van der Waals surface area contributed by atoms with Crippen LogP contribution in [0.2, 0.25) is 5.02 Å². The lowest BCUT2D eigenvalue weighted by Gasteiger charge is -2.41. The number of aryl methyl sites for hydroxylation is 1. The molecule has 2 aromatic carbocycles. The average Bonchev–Trinajstić information content (AvgIpc) is 3.48. The van der Waals surface area contributed by atoms with E-state index in [-0.39, 0.29) is 5.91 Å². The van der Waals surface area contributed by atoms with Crippen LogP contribution in [0.4, 0.5) is 0 Å². The molecule has 1 N–H and O–H groups in total. The van der Waals surface area contributed by atoms with Crippen molar-refractivity contribution in [2.24, 2.45) is 5.92 Å². The first-order valence-electron chi connectivity index (χ1n) is 13.1. The van der Waals surface area contributed by atoms with Gasteiger partial charge in [0.1, 0.15) is 27.9 Å². The molecule has 198 valence electrons. The third-order valence-electron chi connectivity index (χ3n) is 7.39. The summed E-state index contributed by atoms with van der Waals surface area (Å²) in [5, 5.41) is 4.94. The number of likely N-dealkylation sites (tertiary alicyclic amines) is 2. The molecule has 5 aromatic rings. The van der Waals surface area contributed by atoms with Crippen molar-refractivity contribution in [1.29, 1.82) is 0 Å². The summed E-state index contributed by atoms with van der Waals surface area (Å²) < 4.78 is 8.05. The Bertz CT molecular complexity index is 1700. The molecule has 11 heteroatoms. The highest BCUT2D eigenvalue weighted by Gasteiger charge is 2.31. The quantitative estimate of drug-likeness (QED) is 0.327. The summed E-state index contributed by atoms with van der Waals surface area (Å²) in [4.78, 5) is 33.3.